The molecule has 0 radical (unpaired) electrons. The maximum absolute atomic E-state index is 7.42. The first-order valence-electron chi connectivity index (χ1n) is 28.0. The predicted octanol–water partition coefficient (Wildman–Crippen LogP) is 18.3. The van der Waals surface area contributed by atoms with Gasteiger partial charge in [-0.1, -0.05) is 158 Å². The smallest absolute Gasteiger partial charge is 0.220 e. The molecule has 2 aliphatic rings. The molecule has 1 unspecified atom stereocenters. The molecule has 0 N–H and O–H groups in total. The maximum Gasteiger partial charge on any atom is 0.220 e. The number of fused-ring (bicyclic) bond motifs is 22. The van der Waals surface area contributed by atoms with Crippen molar-refractivity contribution < 1.29 is 9.47 Å². The maximum atomic E-state index is 7.42. The highest BCUT2D eigenvalue weighted by Crippen LogP contribution is 2.63. The van der Waals surface area contributed by atoms with Crippen LogP contribution in [0.4, 0.5) is 0 Å². The van der Waals surface area contributed by atoms with E-state index in [1.54, 1.807) is 0 Å². The number of benzene rings is 12. The van der Waals surface area contributed by atoms with E-state index in [1.807, 2.05) is 0 Å². The molecule has 0 bridgehead atoms. The Kier molecular flexibility index (Phi) is 8.57. The van der Waals surface area contributed by atoms with Crippen LogP contribution in [-0.4, -0.2) is 27.7 Å². The number of hydrogen-bond donors (Lipinski definition) is 0. The molecule has 8 nitrogen and oxygen atoms in total. The zero-order valence-corrected chi connectivity index (χ0v) is 43.9. The first-order valence-corrected chi connectivity index (χ1v) is 28.0. The van der Waals surface area contributed by atoms with Crippen molar-refractivity contribution in [3.63, 3.8) is 0 Å². The summed E-state index contributed by atoms with van der Waals surface area (Å²) in [4.78, 5) is 5.23. The lowest BCUT2D eigenvalue weighted by atomic mass is 9.62. The molecule has 17 aromatic rings. The lowest BCUT2D eigenvalue weighted by molar-refractivity contribution is 0.398. The standard InChI is InChI=1S/C74H44N6O2/c1-8-28-58-47(19-1)48-20-2-9-29-59(48)76(58)45-39-41-62-51(43-45)49-21-3-10-30-60(49)78(62)67-35-17-25-55-71(67)81-69-37-15-5-23-53(69)74(55)54-24-6-16-38-70(54)82-72-56(74)26-18-36-68(72)79-61-31-11-4-22-50(61)52-44-46(40-42-63(52)79)77-65-33-13-14-34-66(65)80-64-32-12-7-27-57(64)75-73(77)80/h1-44H. The molecule has 0 saturated carbocycles. The molecular formula is C74H44N6O2. The van der Waals surface area contributed by atoms with E-state index >= 15 is 0 Å². The fourth-order valence-corrected chi connectivity index (χ4v) is 14.6. The van der Waals surface area contributed by atoms with Crippen molar-refractivity contribution in [1.82, 2.24) is 27.7 Å². The fourth-order valence-electron chi connectivity index (χ4n) is 14.6. The predicted molar refractivity (Wildman–Crippen MR) is 331 cm³/mol. The third kappa shape index (κ3) is 5.57. The van der Waals surface area contributed by atoms with Gasteiger partial charge in [0.1, 0.15) is 11.5 Å². The second-order valence-electron chi connectivity index (χ2n) is 21.8. The fraction of sp³-hybridized carbons (Fsp3) is 0.0135. The van der Waals surface area contributed by atoms with Gasteiger partial charge < -0.3 is 23.2 Å². The van der Waals surface area contributed by atoms with Crippen LogP contribution in [0.25, 0.3) is 116 Å². The minimum atomic E-state index is -0.872. The number of nitrogens with zero attached hydrogens (tertiary/aromatic N) is 6. The van der Waals surface area contributed by atoms with Gasteiger partial charge in [-0.2, -0.15) is 0 Å². The molecule has 0 amide bonds. The molecule has 1 atom stereocenters. The van der Waals surface area contributed by atoms with Gasteiger partial charge in [0.25, 0.3) is 0 Å². The molecule has 382 valence electrons. The number of aromatic nitrogens is 6. The van der Waals surface area contributed by atoms with Crippen LogP contribution in [0, 0.1) is 0 Å². The number of rotatable bonds is 4. The lowest BCUT2D eigenvalue weighted by Crippen LogP contribution is -2.37. The first kappa shape index (κ1) is 43.8. The minimum absolute atomic E-state index is 0.789. The number of para-hydroxylation sites is 12. The van der Waals surface area contributed by atoms with Gasteiger partial charge in [-0.3, -0.25) is 8.97 Å². The van der Waals surface area contributed by atoms with E-state index in [4.69, 9.17) is 14.5 Å². The summed E-state index contributed by atoms with van der Waals surface area (Å²) in [6, 6.07) is 96.3. The Labute approximate surface area is 468 Å². The SMILES string of the molecule is c1ccc2c(c1)Oc1c(-n3c4ccccc4c4cc(-n5c6ccccc6c6ccccc65)ccc43)cccc1C21c2ccccc2Oc2c(-n3c4ccccc4c4cc(-n5c6ccccc6n6c7ccccc7nc56)ccc43)cccc21. The average Bonchev–Trinajstić information content (AvgIpc) is 1.37. The molecule has 0 aliphatic carbocycles. The molecule has 8 heteroatoms. The minimum Gasteiger partial charge on any atom is -0.454 e. The van der Waals surface area contributed by atoms with E-state index in [0.717, 1.165) is 134 Å². The van der Waals surface area contributed by atoms with Gasteiger partial charge >= 0.3 is 0 Å². The van der Waals surface area contributed by atoms with Gasteiger partial charge in [-0.05, 0) is 109 Å². The topological polar surface area (TPSA) is 55.5 Å². The molecule has 12 aromatic carbocycles. The van der Waals surface area contributed by atoms with E-state index < -0.39 is 5.41 Å². The monoisotopic (exact) mass is 1050 g/mol. The summed E-state index contributed by atoms with van der Waals surface area (Å²) in [5.74, 6) is 4.06. The van der Waals surface area contributed by atoms with Crippen molar-refractivity contribution in [2.24, 2.45) is 0 Å². The van der Waals surface area contributed by atoms with Gasteiger partial charge in [0, 0.05) is 65.9 Å². The third-order valence-electron chi connectivity index (χ3n) is 17.8. The summed E-state index contributed by atoms with van der Waals surface area (Å²) >= 11 is 0. The van der Waals surface area contributed by atoms with Crippen LogP contribution in [0.3, 0.4) is 0 Å². The summed E-state index contributed by atoms with van der Waals surface area (Å²) in [5.41, 5.74) is 18.3. The van der Waals surface area contributed by atoms with E-state index in [9.17, 15) is 0 Å². The van der Waals surface area contributed by atoms with E-state index in [1.165, 1.54) is 27.2 Å². The molecule has 82 heavy (non-hydrogen) atoms. The molecular weight excluding hydrogens is 1000 g/mol. The summed E-state index contributed by atoms with van der Waals surface area (Å²) in [6.45, 7) is 0. The number of ether oxygens (including phenoxy) is 2. The molecule has 19 rings (SSSR count). The zero-order valence-electron chi connectivity index (χ0n) is 43.9. The van der Waals surface area contributed by atoms with Crippen molar-refractivity contribution in [2.75, 3.05) is 0 Å². The Morgan fingerprint density at radius 2 is 0.671 bits per heavy atom. The second kappa shape index (κ2) is 16.0. The van der Waals surface area contributed by atoms with Gasteiger partial charge in [-0.25, -0.2) is 4.98 Å². The molecule has 2 aliphatic heterocycles. The Hall–Kier alpha value is -11.1. The van der Waals surface area contributed by atoms with Crippen molar-refractivity contribution in [3.05, 3.63) is 289 Å². The third-order valence-corrected chi connectivity index (χ3v) is 17.8. The van der Waals surface area contributed by atoms with Crippen molar-refractivity contribution in [3.8, 4) is 45.7 Å². The zero-order chi connectivity index (χ0) is 53.4. The van der Waals surface area contributed by atoms with Gasteiger partial charge in [0.2, 0.25) is 5.78 Å². The highest BCUT2D eigenvalue weighted by Gasteiger charge is 2.52. The highest BCUT2D eigenvalue weighted by atomic mass is 16.5. The van der Waals surface area contributed by atoms with Gasteiger partial charge in [0.15, 0.2) is 11.5 Å². The van der Waals surface area contributed by atoms with E-state index in [2.05, 4.69) is 290 Å². The molecule has 7 heterocycles. The Bertz CT molecular complexity index is 5570. The number of hydrogen-bond acceptors (Lipinski definition) is 3. The summed E-state index contributed by atoms with van der Waals surface area (Å²) in [5, 5.41) is 7.07. The quantitative estimate of drug-likeness (QED) is 0.176. The van der Waals surface area contributed by atoms with Crippen LogP contribution in [0.5, 0.6) is 23.0 Å². The van der Waals surface area contributed by atoms with E-state index in [-0.39, 0.29) is 0 Å². The van der Waals surface area contributed by atoms with Crippen molar-refractivity contribution in [1.29, 1.82) is 0 Å². The summed E-state index contributed by atoms with van der Waals surface area (Å²) in [6.07, 6.45) is 0. The van der Waals surface area contributed by atoms with Crippen molar-refractivity contribution in [2.45, 2.75) is 5.41 Å². The molecule has 0 fully saturated rings. The average molecular weight is 1050 g/mol. The first-order chi connectivity index (χ1) is 40.7. The van der Waals surface area contributed by atoms with Crippen LogP contribution in [-0.2, 0) is 5.41 Å². The number of imidazole rings is 2. The van der Waals surface area contributed by atoms with Crippen LogP contribution < -0.4 is 9.47 Å². The van der Waals surface area contributed by atoms with Crippen LogP contribution in [0.2, 0.25) is 0 Å². The molecule has 5 aromatic heterocycles. The van der Waals surface area contributed by atoms with Crippen molar-refractivity contribution >= 4 is 93.3 Å². The molecule has 0 saturated heterocycles. The Morgan fingerprint density at radius 1 is 0.280 bits per heavy atom. The summed E-state index contributed by atoms with van der Waals surface area (Å²) in [7, 11) is 0. The normalized spacial score (nSPS) is 14.6. The van der Waals surface area contributed by atoms with Crippen LogP contribution in [0.15, 0.2) is 267 Å². The Morgan fingerprint density at radius 3 is 1.21 bits per heavy atom. The summed E-state index contributed by atoms with van der Waals surface area (Å²) < 4.78 is 26.6. The largest absolute Gasteiger partial charge is 0.454 e. The van der Waals surface area contributed by atoms with Gasteiger partial charge in [-0.15, -0.1) is 0 Å². The van der Waals surface area contributed by atoms with Crippen LogP contribution >= 0.6 is 0 Å². The van der Waals surface area contributed by atoms with E-state index in [0.29, 0.717) is 0 Å². The second-order valence-corrected chi connectivity index (χ2v) is 21.8. The highest BCUT2D eigenvalue weighted by molar-refractivity contribution is 6.13. The lowest BCUT2D eigenvalue weighted by Gasteiger charge is -2.45. The molecule has 1 spiro atoms. The van der Waals surface area contributed by atoms with Crippen LogP contribution in [0.1, 0.15) is 22.3 Å². The van der Waals surface area contributed by atoms with Gasteiger partial charge in [0.05, 0.1) is 72.0 Å². The Balaban J connectivity index is 0.842.